The molecule has 1 atom stereocenters. The lowest BCUT2D eigenvalue weighted by Gasteiger charge is -2.36. The van der Waals surface area contributed by atoms with Crippen molar-refractivity contribution in [1.82, 2.24) is 19.7 Å². The maximum atomic E-state index is 11.9. The Morgan fingerprint density at radius 1 is 1.28 bits per heavy atom. The van der Waals surface area contributed by atoms with Crippen LogP contribution in [0, 0.1) is 6.92 Å². The summed E-state index contributed by atoms with van der Waals surface area (Å²) in [6, 6.07) is 5.66. The van der Waals surface area contributed by atoms with Crippen LogP contribution in [0.5, 0.6) is 0 Å². The van der Waals surface area contributed by atoms with Gasteiger partial charge in [0.15, 0.2) is 0 Å². The molecule has 1 aliphatic rings. The van der Waals surface area contributed by atoms with E-state index in [4.69, 9.17) is 11.6 Å². The molecule has 1 aliphatic heterocycles. The topological polar surface area (TPSA) is 63.1 Å². The Kier molecular flexibility index (Phi) is 6.04. The van der Waals surface area contributed by atoms with Crippen molar-refractivity contribution in [2.24, 2.45) is 0 Å². The Balaban J connectivity index is 1.60. The first-order chi connectivity index (χ1) is 12.1. The van der Waals surface area contributed by atoms with E-state index >= 15 is 0 Å². The highest BCUT2D eigenvalue weighted by Crippen LogP contribution is 2.21. The second-order valence-corrected chi connectivity index (χ2v) is 6.87. The number of hydrogen-bond acceptors (Lipinski definition) is 5. The van der Waals surface area contributed by atoms with Gasteiger partial charge in [0.05, 0.1) is 22.9 Å². The molecule has 1 unspecified atom stereocenters. The second kappa shape index (κ2) is 8.45. The van der Waals surface area contributed by atoms with Gasteiger partial charge >= 0.3 is 0 Å². The fraction of sp³-hybridized carbons (Fsp3) is 0.500. The summed E-state index contributed by atoms with van der Waals surface area (Å²) in [5, 5.41) is 8.40. The molecule has 0 saturated carbocycles. The number of piperidine rings is 1. The summed E-state index contributed by atoms with van der Waals surface area (Å²) in [5.74, 6) is 0. The van der Waals surface area contributed by atoms with Crippen LogP contribution in [0.25, 0.3) is 0 Å². The number of aryl methyl sites for hydroxylation is 1. The minimum atomic E-state index is -0.0409. The fourth-order valence-electron chi connectivity index (χ4n) is 3.27. The molecule has 1 fully saturated rings. The molecule has 7 heteroatoms. The van der Waals surface area contributed by atoms with Crippen molar-refractivity contribution in [1.29, 1.82) is 0 Å². The molecule has 3 rings (SSSR count). The third-order valence-electron chi connectivity index (χ3n) is 4.65. The standard InChI is InChI=1S/C18H24ClN5O/c1-14-5-6-18(25)24(22-14)11-10-23-9-3-2-4-15(23)12-21-17-7-8-20-13-16(17)19/h5-8,13,15H,2-4,9-12H2,1H3,(H,20,21). The zero-order valence-electron chi connectivity index (χ0n) is 14.5. The highest BCUT2D eigenvalue weighted by molar-refractivity contribution is 6.33. The quantitative estimate of drug-likeness (QED) is 0.856. The normalized spacial score (nSPS) is 18.2. The van der Waals surface area contributed by atoms with Crippen LogP contribution in [0.2, 0.25) is 5.02 Å². The Labute approximate surface area is 152 Å². The molecule has 0 radical (unpaired) electrons. The van der Waals surface area contributed by atoms with Crippen LogP contribution in [0.3, 0.4) is 0 Å². The average molecular weight is 362 g/mol. The second-order valence-electron chi connectivity index (χ2n) is 6.46. The molecular weight excluding hydrogens is 338 g/mol. The van der Waals surface area contributed by atoms with E-state index in [9.17, 15) is 4.79 Å². The summed E-state index contributed by atoms with van der Waals surface area (Å²) < 4.78 is 1.56. The van der Waals surface area contributed by atoms with E-state index in [1.807, 2.05) is 13.0 Å². The van der Waals surface area contributed by atoms with Gasteiger partial charge in [0, 0.05) is 37.6 Å². The van der Waals surface area contributed by atoms with Gasteiger partial charge in [0.25, 0.3) is 5.56 Å². The third kappa shape index (κ3) is 4.80. The molecule has 0 amide bonds. The molecule has 1 N–H and O–H groups in total. The van der Waals surface area contributed by atoms with Gasteiger partial charge in [-0.05, 0) is 38.4 Å². The number of halogens is 1. The summed E-state index contributed by atoms with van der Waals surface area (Å²) in [4.78, 5) is 18.4. The van der Waals surface area contributed by atoms with Crippen LogP contribution in [-0.2, 0) is 6.54 Å². The van der Waals surface area contributed by atoms with E-state index in [0.717, 1.165) is 37.4 Å². The number of nitrogens with zero attached hydrogens (tertiary/aromatic N) is 4. The number of pyridine rings is 1. The van der Waals surface area contributed by atoms with Crippen LogP contribution < -0.4 is 10.9 Å². The SMILES string of the molecule is Cc1ccc(=O)n(CCN2CCCCC2CNc2ccncc2Cl)n1. The van der Waals surface area contributed by atoms with Crippen molar-refractivity contribution in [3.8, 4) is 0 Å². The lowest BCUT2D eigenvalue weighted by Crippen LogP contribution is -2.45. The monoisotopic (exact) mass is 361 g/mol. The summed E-state index contributed by atoms with van der Waals surface area (Å²) >= 11 is 6.17. The van der Waals surface area contributed by atoms with Crippen molar-refractivity contribution in [2.45, 2.75) is 38.8 Å². The van der Waals surface area contributed by atoms with Crippen molar-refractivity contribution in [2.75, 3.05) is 25.0 Å². The number of nitrogens with one attached hydrogen (secondary N) is 1. The van der Waals surface area contributed by atoms with E-state index in [1.54, 1.807) is 29.2 Å². The van der Waals surface area contributed by atoms with E-state index in [-0.39, 0.29) is 5.56 Å². The Morgan fingerprint density at radius 2 is 2.16 bits per heavy atom. The zero-order valence-corrected chi connectivity index (χ0v) is 15.2. The fourth-order valence-corrected chi connectivity index (χ4v) is 3.45. The van der Waals surface area contributed by atoms with Gasteiger partial charge in [-0.15, -0.1) is 0 Å². The summed E-state index contributed by atoms with van der Waals surface area (Å²) in [6.07, 6.45) is 6.96. The molecule has 1 saturated heterocycles. The van der Waals surface area contributed by atoms with Crippen molar-refractivity contribution in [3.63, 3.8) is 0 Å². The number of aromatic nitrogens is 3. The maximum absolute atomic E-state index is 11.9. The number of anilines is 1. The molecule has 25 heavy (non-hydrogen) atoms. The molecule has 2 aromatic rings. The van der Waals surface area contributed by atoms with E-state index in [2.05, 4.69) is 20.3 Å². The zero-order chi connectivity index (χ0) is 17.6. The highest BCUT2D eigenvalue weighted by Gasteiger charge is 2.22. The number of rotatable bonds is 6. The smallest absolute Gasteiger partial charge is 0.266 e. The van der Waals surface area contributed by atoms with Crippen LogP contribution in [0.1, 0.15) is 25.0 Å². The molecule has 0 aromatic carbocycles. The molecule has 2 aromatic heterocycles. The van der Waals surface area contributed by atoms with Crippen molar-refractivity contribution >= 4 is 17.3 Å². The van der Waals surface area contributed by atoms with Crippen LogP contribution in [-0.4, -0.2) is 45.3 Å². The first-order valence-electron chi connectivity index (χ1n) is 8.76. The van der Waals surface area contributed by atoms with Gasteiger partial charge in [-0.3, -0.25) is 14.7 Å². The van der Waals surface area contributed by atoms with E-state index < -0.39 is 0 Å². The third-order valence-corrected chi connectivity index (χ3v) is 4.95. The minimum absolute atomic E-state index is 0.0409. The van der Waals surface area contributed by atoms with Crippen LogP contribution in [0.4, 0.5) is 5.69 Å². The Bertz CT molecular complexity index is 763. The highest BCUT2D eigenvalue weighted by atomic mass is 35.5. The molecule has 0 bridgehead atoms. The molecule has 0 spiro atoms. The predicted octanol–water partition coefficient (Wildman–Crippen LogP) is 2.57. The number of likely N-dealkylation sites (tertiary alicyclic amines) is 1. The van der Waals surface area contributed by atoms with Gasteiger partial charge in [-0.1, -0.05) is 18.0 Å². The van der Waals surface area contributed by atoms with Crippen molar-refractivity contribution in [3.05, 3.63) is 51.7 Å². The summed E-state index contributed by atoms with van der Waals surface area (Å²) in [5.41, 5.74) is 1.74. The van der Waals surface area contributed by atoms with Crippen molar-refractivity contribution < 1.29 is 0 Å². The summed E-state index contributed by atoms with van der Waals surface area (Å²) in [6.45, 7) is 5.23. The molecule has 134 valence electrons. The van der Waals surface area contributed by atoms with Crippen LogP contribution in [0.15, 0.2) is 35.4 Å². The van der Waals surface area contributed by atoms with Gasteiger partial charge < -0.3 is 5.32 Å². The first kappa shape index (κ1) is 17.9. The molecule has 0 aliphatic carbocycles. The summed E-state index contributed by atoms with van der Waals surface area (Å²) in [7, 11) is 0. The molecule has 3 heterocycles. The Morgan fingerprint density at radius 3 is 3.00 bits per heavy atom. The first-order valence-corrected chi connectivity index (χ1v) is 9.13. The van der Waals surface area contributed by atoms with Crippen LogP contribution >= 0.6 is 11.6 Å². The van der Waals surface area contributed by atoms with Gasteiger partial charge in [0.2, 0.25) is 0 Å². The Hall–Kier alpha value is -1.92. The maximum Gasteiger partial charge on any atom is 0.266 e. The van der Waals surface area contributed by atoms with Gasteiger partial charge in [0.1, 0.15) is 0 Å². The molecular formula is C18H24ClN5O. The lowest BCUT2D eigenvalue weighted by atomic mass is 10.0. The van der Waals surface area contributed by atoms with E-state index in [0.29, 0.717) is 17.6 Å². The van der Waals surface area contributed by atoms with E-state index in [1.165, 1.54) is 12.8 Å². The van der Waals surface area contributed by atoms with Gasteiger partial charge in [-0.25, -0.2) is 4.68 Å². The number of hydrogen-bond donors (Lipinski definition) is 1. The minimum Gasteiger partial charge on any atom is -0.382 e. The van der Waals surface area contributed by atoms with Gasteiger partial charge in [-0.2, -0.15) is 5.10 Å². The largest absolute Gasteiger partial charge is 0.382 e. The predicted molar refractivity (Wildman–Crippen MR) is 100 cm³/mol. The molecule has 6 nitrogen and oxygen atoms in total. The average Bonchev–Trinajstić information content (AvgIpc) is 2.62. The lowest BCUT2D eigenvalue weighted by molar-refractivity contribution is 0.148.